The molecule has 1 aliphatic carbocycles. The highest BCUT2D eigenvalue weighted by Crippen LogP contribution is 2.53. The Morgan fingerprint density at radius 1 is 1.00 bits per heavy atom. The largest absolute Gasteiger partial charge is 0.508 e. The zero-order chi connectivity index (χ0) is 40.5. The number of Topliss-reactive ketones (excluding diaryl/α,β-unsaturated/α-hetero) is 2. The van der Waals surface area contributed by atoms with E-state index in [0.29, 0.717) is 73.4 Å². The molecule has 2 bridgehead atoms. The smallest absolute Gasteiger partial charge is 0.168 e. The van der Waals surface area contributed by atoms with Crippen LogP contribution in [0.25, 0.3) is 21.9 Å². The number of unbranched alkanes of at least 4 members (excludes halogenated alkanes) is 1. The van der Waals surface area contributed by atoms with Crippen LogP contribution in [0.3, 0.4) is 0 Å². The first kappa shape index (κ1) is 42.8. The van der Waals surface area contributed by atoms with E-state index in [9.17, 15) is 35.1 Å². The summed E-state index contributed by atoms with van der Waals surface area (Å²) < 4.78 is 12.9. The maximum absolute atomic E-state index is 14.2. The summed E-state index contributed by atoms with van der Waals surface area (Å²) in [5.41, 5.74) is 5.38. The Morgan fingerprint density at radius 2 is 1.82 bits per heavy atom. The third-order valence-electron chi connectivity index (χ3n) is 10.9. The highest BCUT2D eigenvalue weighted by atomic mass is 33.1. The summed E-state index contributed by atoms with van der Waals surface area (Å²) in [7, 11) is 4.81. The molecule has 2 aliphatic rings. The second-order valence-electron chi connectivity index (χ2n) is 15.0. The standard InChI is InChI=1S/C44H54N2O9S2/c1-26(49)23-46-37-14-8-30(19-31(37)24-48)44(45-17-3-4-18-47)55-39-22-33(51)12-6-28-9-15-38(53)43(54-2)41(28)35-13-7-27-5-11-32(50)21-36(27)42(35)40-16-10-29(39)20-34(52)25-56-57-40/h5,7-9,11,13-15,19,21,29,34,39-40,44-48,50,52-53H,3-4,6,10,12,16-18,20,22-25H2,1-2H3. The Hall–Kier alpha value is -3.82. The Balaban J connectivity index is 1.45. The molecule has 4 aromatic rings. The van der Waals surface area contributed by atoms with Gasteiger partial charge in [-0.25, -0.2) is 0 Å². The van der Waals surface area contributed by atoms with Crippen LogP contribution in [-0.2, 0) is 27.4 Å². The number of hydrogen-bond acceptors (Lipinski definition) is 13. The number of benzene rings is 4. The first-order valence-electron chi connectivity index (χ1n) is 19.7. The van der Waals surface area contributed by atoms with Crippen molar-refractivity contribution in [3.8, 4) is 28.4 Å². The summed E-state index contributed by atoms with van der Waals surface area (Å²) >= 11 is 0. The number of aliphatic hydroxyl groups is 3. The Morgan fingerprint density at radius 3 is 2.60 bits per heavy atom. The van der Waals surface area contributed by atoms with E-state index < -0.39 is 18.4 Å². The number of nitrogens with one attached hydrogen (secondary N) is 2. The number of methoxy groups -OCH3 is 1. The van der Waals surface area contributed by atoms with E-state index in [0.717, 1.165) is 33.0 Å². The van der Waals surface area contributed by atoms with E-state index in [-0.39, 0.29) is 66.8 Å². The highest BCUT2D eigenvalue weighted by Gasteiger charge is 2.34. The maximum Gasteiger partial charge on any atom is 0.168 e. The van der Waals surface area contributed by atoms with Crippen molar-refractivity contribution in [3.05, 3.63) is 82.9 Å². The van der Waals surface area contributed by atoms with Crippen LogP contribution >= 0.6 is 21.6 Å². The van der Waals surface area contributed by atoms with Crippen molar-refractivity contribution in [1.82, 2.24) is 5.32 Å². The first-order valence-corrected chi connectivity index (χ1v) is 22.1. The minimum Gasteiger partial charge on any atom is -0.508 e. The highest BCUT2D eigenvalue weighted by molar-refractivity contribution is 8.76. The summed E-state index contributed by atoms with van der Waals surface area (Å²) in [6, 6.07) is 18.4. The zero-order valence-electron chi connectivity index (χ0n) is 32.5. The van der Waals surface area contributed by atoms with Crippen LogP contribution in [0.15, 0.2) is 60.7 Å². The molecule has 1 heterocycles. The van der Waals surface area contributed by atoms with Crippen LogP contribution in [-0.4, -0.2) is 81.9 Å². The van der Waals surface area contributed by atoms with E-state index in [4.69, 9.17) is 9.47 Å². The minimum absolute atomic E-state index is 0.00517. The van der Waals surface area contributed by atoms with Crippen LogP contribution in [0, 0.1) is 5.92 Å². The van der Waals surface area contributed by atoms with Crippen molar-refractivity contribution < 1.29 is 44.6 Å². The zero-order valence-corrected chi connectivity index (χ0v) is 34.2. The van der Waals surface area contributed by atoms with E-state index in [2.05, 4.69) is 10.6 Å². The molecule has 1 fully saturated rings. The molecule has 1 saturated heterocycles. The average molecular weight is 819 g/mol. The third kappa shape index (κ3) is 10.6. The molecule has 4 aromatic carbocycles. The summed E-state index contributed by atoms with van der Waals surface area (Å²) in [6.45, 7) is 1.93. The lowest BCUT2D eigenvalue weighted by Gasteiger charge is -2.33. The van der Waals surface area contributed by atoms with E-state index >= 15 is 0 Å². The van der Waals surface area contributed by atoms with Gasteiger partial charge < -0.3 is 40.3 Å². The average Bonchev–Trinajstić information content (AvgIpc) is 3.29. The van der Waals surface area contributed by atoms with E-state index in [1.54, 1.807) is 39.8 Å². The number of phenols is 2. The molecular formula is C44H54N2O9S2. The normalized spacial score (nSPS) is 20.8. The molecule has 7 N–H and O–H groups in total. The topological polar surface area (TPSA) is 178 Å². The van der Waals surface area contributed by atoms with Gasteiger partial charge in [-0.1, -0.05) is 51.9 Å². The number of aromatic hydroxyl groups is 2. The molecule has 5 atom stereocenters. The Labute approximate surface area is 342 Å². The molecule has 0 aromatic heterocycles. The third-order valence-corrected chi connectivity index (χ3v) is 13.7. The van der Waals surface area contributed by atoms with Crippen LogP contribution < -0.4 is 15.4 Å². The fourth-order valence-electron chi connectivity index (χ4n) is 8.01. The Bertz CT molecular complexity index is 2030. The summed E-state index contributed by atoms with van der Waals surface area (Å²) in [5.74, 6) is 0.660. The number of carbonyl (C=O) groups excluding carboxylic acids is 2. The quantitative estimate of drug-likeness (QED) is 0.0405. The minimum atomic E-state index is -0.686. The number of rotatable bonds is 13. The van der Waals surface area contributed by atoms with Gasteiger partial charge in [0.1, 0.15) is 23.5 Å². The van der Waals surface area contributed by atoms with Crippen molar-refractivity contribution >= 4 is 49.6 Å². The molecule has 57 heavy (non-hydrogen) atoms. The fraction of sp³-hybridized carbons (Fsp3) is 0.455. The van der Waals surface area contributed by atoms with Gasteiger partial charge in [0, 0.05) is 47.3 Å². The lowest BCUT2D eigenvalue weighted by Crippen LogP contribution is -2.36. The van der Waals surface area contributed by atoms with Gasteiger partial charge in [0.25, 0.3) is 0 Å². The van der Waals surface area contributed by atoms with Gasteiger partial charge in [-0.2, -0.15) is 0 Å². The molecular weight excluding hydrogens is 765 g/mol. The van der Waals surface area contributed by atoms with Gasteiger partial charge in [-0.05, 0) is 121 Å². The number of phenolic OH excluding ortho intramolecular Hbond substituents is 2. The number of aliphatic hydroxyl groups excluding tert-OH is 3. The van der Waals surface area contributed by atoms with Crippen molar-refractivity contribution in [2.24, 2.45) is 5.92 Å². The molecule has 1 aliphatic heterocycles. The Kier molecular flexibility index (Phi) is 15.2. The van der Waals surface area contributed by atoms with E-state index in [1.807, 2.05) is 42.5 Å². The van der Waals surface area contributed by atoms with Crippen molar-refractivity contribution in [2.45, 2.75) is 88.6 Å². The molecule has 13 heteroatoms. The lowest BCUT2D eigenvalue weighted by atomic mass is 9.85. The maximum atomic E-state index is 14.2. The predicted octanol–water partition coefficient (Wildman–Crippen LogP) is 7.35. The van der Waals surface area contributed by atoms with Crippen molar-refractivity contribution in [2.75, 3.05) is 37.9 Å². The monoisotopic (exact) mass is 818 g/mol. The number of hydrogen-bond donors (Lipinski definition) is 7. The summed E-state index contributed by atoms with van der Waals surface area (Å²) in [6.07, 6.45) is 1.76. The predicted molar refractivity (Wildman–Crippen MR) is 227 cm³/mol. The molecule has 5 unspecified atom stereocenters. The lowest BCUT2D eigenvalue weighted by molar-refractivity contribution is -0.127. The number of anilines is 1. The molecule has 0 amide bonds. The number of carbonyl (C=O) groups is 2. The van der Waals surface area contributed by atoms with Crippen LogP contribution in [0.2, 0.25) is 0 Å². The van der Waals surface area contributed by atoms with Gasteiger partial charge >= 0.3 is 0 Å². The van der Waals surface area contributed by atoms with Gasteiger partial charge in [0.15, 0.2) is 11.5 Å². The molecule has 11 nitrogen and oxygen atoms in total. The number of fused-ring (bicyclic) bond motifs is 9. The number of ketones is 2. The molecule has 0 saturated carbocycles. The molecule has 0 spiro atoms. The van der Waals surface area contributed by atoms with Gasteiger partial charge in [-0.3, -0.25) is 14.9 Å². The molecule has 6 rings (SSSR count). The molecule has 0 radical (unpaired) electrons. The summed E-state index contributed by atoms with van der Waals surface area (Å²) in [5, 5.41) is 61.4. The fourth-order valence-corrected chi connectivity index (χ4v) is 10.9. The van der Waals surface area contributed by atoms with E-state index in [1.165, 1.54) is 14.0 Å². The van der Waals surface area contributed by atoms with Gasteiger partial charge in [0.2, 0.25) is 0 Å². The second kappa shape index (κ2) is 20.2. The SMILES string of the molecule is COc1c(O)ccc2c1-c1ccc3ccc(O)cc3c1C1CCC(CC(O)CSS1)C(OC(NCCCCO)c1ccc(NCC(C)=O)c(CO)c1)CC(=O)CC2. The first-order chi connectivity index (χ1) is 27.6. The van der Waals surface area contributed by atoms with Gasteiger partial charge in [-0.15, -0.1) is 0 Å². The van der Waals surface area contributed by atoms with Gasteiger partial charge in [0.05, 0.1) is 32.5 Å². The number of aryl methyl sites for hydroxylation is 1. The van der Waals surface area contributed by atoms with Crippen LogP contribution in [0.1, 0.15) is 85.6 Å². The summed E-state index contributed by atoms with van der Waals surface area (Å²) in [4.78, 5) is 25.9. The number of ether oxygens (including phenoxy) is 2. The van der Waals surface area contributed by atoms with Crippen LogP contribution in [0.4, 0.5) is 5.69 Å². The van der Waals surface area contributed by atoms with Crippen molar-refractivity contribution in [1.29, 1.82) is 0 Å². The second-order valence-corrected chi connectivity index (χ2v) is 17.6. The molecule has 306 valence electrons. The van der Waals surface area contributed by atoms with Crippen LogP contribution in [0.5, 0.6) is 17.2 Å². The van der Waals surface area contributed by atoms with Crippen molar-refractivity contribution in [3.63, 3.8) is 0 Å².